The van der Waals surface area contributed by atoms with Crippen LogP contribution in [-0.2, 0) is 19.4 Å². The normalized spacial score (nSPS) is 22.6. The molecule has 1 atom stereocenters. The van der Waals surface area contributed by atoms with Crippen molar-refractivity contribution in [3.05, 3.63) is 35.7 Å². The first-order valence-corrected chi connectivity index (χ1v) is 8.19. The first kappa shape index (κ1) is 13.1. The lowest BCUT2D eigenvalue weighted by Crippen LogP contribution is -2.28. The molecule has 0 bridgehead atoms. The summed E-state index contributed by atoms with van der Waals surface area (Å²) < 4.78 is 2.02. The second kappa shape index (κ2) is 5.64. The Hall–Kier alpha value is -1.62. The smallest absolute Gasteiger partial charge is 0.124 e. The number of nitrogens with zero attached hydrogens (tertiary/aromatic N) is 4. The first-order chi connectivity index (χ1) is 10.4. The van der Waals surface area contributed by atoms with Crippen molar-refractivity contribution in [1.29, 1.82) is 0 Å². The van der Waals surface area contributed by atoms with Gasteiger partial charge in [-0.3, -0.25) is 9.58 Å². The maximum atomic E-state index is 4.91. The van der Waals surface area contributed by atoms with Gasteiger partial charge < -0.3 is 4.98 Å². The van der Waals surface area contributed by atoms with Gasteiger partial charge in [-0.25, -0.2) is 4.98 Å². The van der Waals surface area contributed by atoms with Crippen LogP contribution in [0.15, 0.2) is 18.5 Å². The van der Waals surface area contributed by atoms with Crippen LogP contribution in [0.25, 0.3) is 0 Å². The molecular weight excluding hydrogens is 262 g/mol. The SMILES string of the molecule is c1cnn(CCN2CCC[C@H]2c2nc3c([nH]2)CCCC3)c1. The van der Waals surface area contributed by atoms with Gasteiger partial charge in [0.1, 0.15) is 5.82 Å². The predicted molar refractivity (Wildman–Crippen MR) is 81.0 cm³/mol. The number of imidazole rings is 1. The maximum absolute atomic E-state index is 4.91. The molecule has 5 heteroatoms. The number of nitrogens with one attached hydrogen (secondary N) is 1. The zero-order valence-electron chi connectivity index (χ0n) is 12.5. The van der Waals surface area contributed by atoms with Crippen LogP contribution in [0.4, 0.5) is 0 Å². The van der Waals surface area contributed by atoms with Crippen LogP contribution in [0.3, 0.4) is 0 Å². The van der Waals surface area contributed by atoms with Gasteiger partial charge in [0, 0.05) is 24.6 Å². The van der Waals surface area contributed by atoms with E-state index in [0.29, 0.717) is 6.04 Å². The average Bonchev–Trinajstić information content (AvgIpc) is 3.24. The van der Waals surface area contributed by atoms with Crippen LogP contribution in [0.5, 0.6) is 0 Å². The zero-order chi connectivity index (χ0) is 14.1. The molecule has 0 radical (unpaired) electrons. The van der Waals surface area contributed by atoms with Crippen molar-refractivity contribution in [1.82, 2.24) is 24.6 Å². The molecule has 2 aromatic rings. The van der Waals surface area contributed by atoms with Crippen LogP contribution in [-0.4, -0.2) is 37.7 Å². The van der Waals surface area contributed by atoms with Crippen LogP contribution in [0.1, 0.15) is 48.9 Å². The molecular formula is C16H23N5. The second-order valence-corrected chi connectivity index (χ2v) is 6.22. The molecule has 1 saturated heterocycles. The van der Waals surface area contributed by atoms with E-state index in [1.807, 2.05) is 23.1 Å². The highest BCUT2D eigenvalue weighted by atomic mass is 15.3. The Morgan fingerprint density at radius 2 is 2.14 bits per heavy atom. The molecule has 0 amide bonds. The fourth-order valence-electron chi connectivity index (χ4n) is 3.70. The number of likely N-dealkylation sites (tertiary alicyclic amines) is 1. The van der Waals surface area contributed by atoms with Crippen molar-refractivity contribution in [2.75, 3.05) is 13.1 Å². The van der Waals surface area contributed by atoms with Crippen LogP contribution in [0, 0.1) is 0 Å². The largest absolute Gasteiger partial charge is 0.344 e. The van der Waals surface area contributed by atoms with Crippen LogP contribution >= 0.6 is 0 Å². The summed E-state index contributed by atoms with van der Waals surface area (Å²) in [5.74, 6) is 1.21. The molecule has 0 aromatic carbocycles. The molecule has 3 heterocycles. The van der Waals surface area contributed by atoms with E-state index in [1.54, 1.807) is 0 Å². The Kier molecular flexibility index (Phi) is 3.51. The molecule has 1 aliphatic heterocycles. The summed E-state index contributed by atoms with van der Waals surface area (Å²) in [6, 6.07) is 2.47. The molecule has 0 unspecified atom stereocenters. The van der Waals surface area contributed by atoms with Crippen molar-refractivity contribution >= 4 is 0 Å². The van der Waals surface area contributed by atoms with Gasteiger partial charge in [0.15, 0.2) is 0 Å². The monoisotopic (exact) mass is 285 g/mol. The number of H-pyrrole nitrogens is 1. The summed E-state index contributed by atoms with van der Waals surface area (Å²) >= 11 is 0. The zero-order valence-corrected chi connectivity index (χ0v) is 12.5. The molecule has 1 aliphatic carbocycles. The summed E-state index contributed by atoms with van der Waals surface area (Å²) in [5.41, 5.74) is 2.73. The number of hydrogen-bond acceptors (Lipinski definition) is 3. The standard InChI is InChI=1S/C16H23N5/c1-2-6-14-13(5-1)18-16(19-14)15-7-3-9-20(15)11-12-21-10-4-8-17-21/h4,8,10,15H,1-3,5-7,9,11-12H2,(H,18,19)/t15-/m0/s1. The number of hydrogen-bond donors (Lipinski definition) is 1. The molecule has 1 fully saturated rings. The topological polar surface area (TPSA) is 49.7 Å². The molecule has 4 rings (SSSR count). The van der Waals surface area contributed by atoms with E-state index in [4.69, 9.17) is 4.98 Å². The van der Waals surface area contributed by atoms with E-state index in [-0.39, 0.29) is 0 Å². The van der Waals surface area contributed by atoms with Gasteiger partial charge in [-0.2, -0.15) is 5.10 Å². The lowest BCUT2D eigenvalue weighted by Gasteiger charge is -2.22. The molecule has 2 aromatic heterocycles. The van der Waals surface area contributed by atoms with E-state index < -0.39 is 0 Å². The Morgan fingerprint density at radius 1 is 1.19 bits per heavy atom. The minimum atomic E-state index is 0.478. The Bertz CT molecular complexity index is 562. The highest BCUT2D eigenvalue weighted by Crippen LogP contribution is 2.31. The summed E-state index contributed by atoms with van der Waals surface area (Å²) in [6.07, 6.45) is 11.3. The summed E-state index contributed by atoms with van der Waals surface area (Å²) in [7, 11) is 0. The summed E-state index contributed by atoms with van der Waals surface area (Å²) in [5, 5.41) is 4.29. The minimum absolute atomic E-state index is 0.478. The van der Waals surface area contributed by atoms with E-state index in [2.05, 4.69) is 15.0 Å². The molecule has 1 N–H and O–H groups in total. The second-order valence-electron chi connectivity index (χ2n) is 6.22. The molecule has 5 nitrogen and oxygen atoms in total. The quantitative estimate of drug-likeness (QED) is 0.938. The van der Waals surface area contributed by atoms with Crippen molar-refractivity contribution in [3.63, 3.8) is 0 Å². The maximum Gasteiger partial charge on any atom is 0.124 e. The Morgan fingerprint density at radius 3 is 3.00 bits per heavy atom. The van der Waals surface area contributed by atoms with Gasteiger partial charge in [0.2, 0.25) is 0 Å². The third kappa shape index (κ3) is 2.62. The molecule has 2 aliphatic rings. The third-order valence-electron chi connectivity index (χ3n) is 4.83. The fraction of sp³-hybridized carbons (Fsp3) is 0.625. The number of rotatable bonds is 4. The van der Waals surface area contributed by atoms with Crippen LogP contribution in [0.2, 0.25) is 0 Å². The first-order valence-electron chi connectivity index (χ1n) is 8.19. The van der Waals surface area contributed by atoms with Crippen molar-refractivity contribution in [3.8, 4) is 0 Å². The van der Waals surface area contributed by atoms with Gasteiger partial charge in [-0.05, 0) is 51.1 Å². The number of fused-ring (bicyclic) bond motifs is 1. The number of aromatic amines is 1. The van der Waals surface area contributed by atoms with Crippen LogP contribution < -0.4 is 0 Å². The van der Waals surface area contributed by atoms with E-state index >= 15 is 0 Å². The van der Waals surface area contributed by atoms with Crippen molar-refractivity contribution < 1.29 is 0 Å². The minimum Gasteiger partial charge on any atom is -0.344 e. The fourth-order valence-corrected chi connectivity index (χ4v) is 3.70. The summed E-state index contributed by atoms with van der Waals surface area (Å²) in [6.45, 7) is 3.19. The number of aryl methyl sites for hydroxylation is 2. The molecule has 0 saturated carbocycles. The highest BCUT2D eigenvalue weighted by Gasteiger charge is 2.29. The lowest BCUT2D eigenvalue weighted by molar-refractivity contribution is 0.236. The van der Waals surface area contributed by atoms with Gasteiger partial charge in [0.05, 0.1) is 18.3 Å². The van der Waals surface area contributed by atoms with Gasteiger partial charge in [0.25, 0.3) is 0 Å². The van der Waals surface area contributed by atoms with Gasteiger partial charge >= 0.3 is 0 Å². The molecule has 0 spiro atoms. The number of aromatic nitrogens is 4. The predicted octanol–water partition coefficient (Wildman–Crippen LogP) is 2.32. The van der Waals surface area contributed by atoms with Crippen molar-refractivity contribution in [2.45, 2.75) is 51.1 Å². The highest BCUT2D eigenvalue weighted by molar-refractivity contribution is 5.19. The van der Waals surface area contributed by atoms with Gasteiger partial charge in [-0.1, -0.05) is 0 Å². The lowest BCUT2D eigenvalue weighted by atomic mass is 10.0. The summed E-state index contributed by atoms with van der Waals surface area (Å²) in [4.78, 5) is 11.1. The van der Waals surface area contributed by atoms with E-state index in [0.717, 1.165) is 19.5 Å². The van der Waals surface area contributed by atoms with Gasteiger partial charge in [-0.15, -0.1) is 0 Å². The molecule has 112 valence electrons. The van der Waals surface area contributed by atoms with Crippen molar-refractivity contribution in [2.24, 2.45) is 0 Å². The van der Waals surface area contributed by atoms with E-state index in [1.165, 1.54) is 55.9 Å². The molecule has 21 heavy (non-hydrogen) atoms. The Labute approximate surface area is 125 Å². The average molecular weight is 285 g/mol. The Balaban J connectivity index is 1.46. The third-order valence-corrected chi connectivity index (χ3v) is 4.83. The van der Waals surface area contributed by atoms with E-state index in [9.17, 15) is 0 Å².